The van der Waals surface area contributed by atoms with Crippen molar-refractivity contribution in [1.29, 1.82) is 0 Å². The molecule has 0 radical (unpaired) electrons. The van der Waals surface area contributed by atoms with Gasteiger partial charge in [0.1, 0.15) is 5.75 Å². The minimum atomic E-state index is -3.43. The molecule has 2 aromatic rings. The minimum absolute atomic E-state index is 0.220. The van der Waals surface area contributed by atoms with Gasteiger partial charge in [0.05, 0.1) is 11.5 Å². The number of benzene rings is 2. The van der Waals surface area contributed by atoms with Crippen LogP contribution in [0.25, 0.3) is 0 Å². The van der Waals surface area contributed by atoms with Gasteiger partial charge in [-0.15, -0.1) is 0 Å². The van der Waals surface area contributed by atoms with Crippen LogP contribution < -0.4 is 4.74 Å². The van der Waals surface area contributed by atoms with E-state index in [1.165, 1.54) is 0 Å². The second-order valence-electron chi connectivity index (χ2n) is 6.26. The van der Waals surface area contributed by atoms with E-state index < -0.39 is 10.0 Å². The fourth-order valence-electron chi connectivity index (χ4n) is 3.10. The summed E-state index contributed by atoms with van der Waals surface area (Å²) in [5.74, 6) is 1.05. The smallest absolute Gasteiger partial charge is 0.243 e. The number of rotatable bonds is 5. The van der Waals surface area contributed by atoms with E-state index in [1.807, 2.05) is 49.4 Å². The van der Waals surface area contributed by atoms with E-state index in [-0.39, 0.29) is 5.92 Å². The van der Waals surface area contributed by atoms with Crippen molar-refractivity contribution in [3.8, 4) is 5.75 Å². The number of piperidine rings is 1. The first-order chi connectivity index (χ1) is 11.6. The number of hydrogen-bond donors (Lipinski definition) is 0. The van der Waals surface area contributed by atoms with Crippen LogP contribution in [-0.2, 0) is 10.0 Å². The Labute approximate surface area is 144 Å². The highest BCUT2D eigenvalue weighted by Crippen LogP contribution is 2.26. The maximum absolute atomic E-state index is 12.9. The average molecular weight is 345 g/mol. The van der Waals surface area contributed by atoms with Crippen LogP contribution in [0.2, 0.25) is 0 Å². The molecule has 1 atom stereocenters. The van der Waals surface area contributed by atoms with Crippen LogP contribution in [0.4, 0.5) is 0 Å². The van der Waals surface area contributed by atoms with E-state index in [2.05, 4.69) is 0 Å². The summed E-state index contributed by atoms with van der Waals surface area (Å²) < 4.78 is 33.2. The Bertz CT molecular complexity index is 774. The molecule has 1 aliphatic rings. The molecule has 0 aromatic heterocycles. The van der Waals surface area contributed by atoms with Gasteiger partial charge in [0.15, 0.2) is 0 Å². The third-order valence-electron chi connectivity index (χ3n) is 4.42. The highest BCUT2D eigenvalue weighted by molar-refractivity contribution is 7.89. The molecule has 5 heteroatoms. The first-order valence-corrected chi connectivity index (χ1v) is 9.75. The summed E-state index contributed by atoms with van der Waals surface area (Å²) in [6.45, 7) is 3.48. The molecule has 4 nitrogen and oxygen atoms in total. The molecule has 1 aliphatic heterocycles. The highest BCUT2D eigenvalue weighted by atomic mass is 32.2. The molecule has 0 saturated carbocycles. The van der Waals surface area contributed by atoms with E-state index >= 15 is 0 Å². The van der Waals surface area contributed by atoms with E-state index in [1.54, 1.807) is 16.4 Å². The summed E-state index contributed by atoms with van der Waals surface area (Å²) in [6, 6.07) is 16.8. The van der Waals surface area contributed by atoms with Gasteiger partial charge in [-0.05, 0) is 43.5 Å². The number of nitrogens with zero attached hydrogens (tertiary/aromatic N) is 1. The molecule has 0 N–H and O–H groups in total. The standard InChI is InChI=1S/C19H23NO3S/c1-16-8-5-6-12-19(16)24(21,22)20-13-7-9-17(14-20)15-23-18-10-3-2-4-11-18/h2-6,8,10-12,17H,7,9,13-15H2,1H3. The van der Waals surface area contributed by atoms with Gasteiger partial charge in [-0.2, -0.15) is 4.31 Å². The van der Waals surface area contributed by atoms with Crippen LogP contribution in [0.3, 0.4) is 0 Å². The van der Waals surface area contributed by atoms with Gasteiger partial charge in [0.2, 0.25) is 10.0 Å². The minimum Gasteiger partial charge on any atom is -0.493 e. The van der Waals surface area contributed by atoms with Crippen molar-refractivity contribution in [2.24, 2.45) is 5.92 Å². The van der Waals surface area contributed by atoms with Gasteiger partial charge in [-0.25, -0.2) is 8.42 Å². The normalized spacial score (nSPS) is 19.1. The predicted molar refractivity (Wildman–Crippen MR) is 94.6 cm³/mol. The quantitative estimate of drug-likeness (QED) is 0.833. The van der Waals surface area contributed by atoms with Crippen molar-refractivity contribution in [3.05, 3.63) is 60.2 Å². The zero-order chi connectivity index (χ0) is 17.0. The number of aryl methyl sites for hydroxylation is 1. The van der Waals surface area contributed by atoms with E-state index in [4.69, 9.17) is 4.74 Å². The molecule has 1 unspecified atom stereocenters. The average Bonchev–Trinajstić information content (AvgIpc) is 2.61. The van der Waals surface area contributed by atoms with E-state index in [0.29, 0.717) is 24.6 Å². The van der Waals surface area contributed by atoms with Gasteiger partial charge >= 0.3 is 0 Å². The Balaban J connectivity index is 1.68. The van der Waals surface area contributed by atoms with Crippen molar-refractivity contribution < 1.29 is 13.2 Å². The van der Waals surface area contributed by atoms with Crippen LogP contribution >= 0.6 is 0 Å². The van der Waals surface area contributed by atoms with Gasteiger partial charge in [0, 0.05) is 19.0 Å². The van der Waals surface area contributed by atoms with Crippen molar-refractivity contribution in [2.75, 3.05) is 19.7 Å². The van der Waals surface area contributed by atoms with Crippen LogP contribution in [0.5, 0.6) is 5.75 Å². The fraction of sp³-hybridized carbons (Fsp3) is 0.368. The molecule has 0 aliphatic carbocycles. The second-order valence-corrected chi connectivity index (χ2v) is 8.17. The molecule has 0 spiro atoms. The summed E-state index contributed by atoms with van der Waals surface area (Å²) in [6.07, 6.45) is 1.86. The molecule has 3 rings (SSSR count). The molecule has 24 heavy (non-hydrogen) atoms. The Morgan fingerprint density at radius 1 is 1.08 bits per heavy atom. The van der Waals surface area contributed by atoms with Crippen molar-refractivity contribution >= 4 is 10.0 Å². The molecule has 1 fully saturated rings. The maximum atomic E-state index is 12.9. The first-order valence-electron chi connectivity index (χ1n) is 8.31. The van der Waals surface area contributed by atoms with E-state index in [0.717, 1.165) is 24.2 Å². The number of hydrogen-bond acceptors (Lipinski definition) is 3. The molecule has 2 aromatic carbocycles. The van der Waals surface area contributed by atoms with Crippen molar-refractivity contribution in [3.63, 3.8) is 0 Å². The number of ether oxygens (including phenoxy) is 1. The molecule has 0 bridgehead atoms. The monoisotopic (exact) mass is 345 g/mol. The van der Waals surface area contributed by atoms with Crippen molar-refractivity contribution in [2.45, 2.75) is 24.7 Å². The summed E-state index contributed by atoms with van der Waals surface area (Å²) in [7, 11) is -3.43. The Kier molecular flexibility index (Phi) is 5.21. The SMILES string of the molecule is Cc1ccccc1S(=O)(=O)N1CCCC(COc2ccccc2)C1. The lowest BCUT2D eigenvalue weighted by Gasteiger charge is -2.32. The zero-order valence-corrected chi connectivity index (χ0v) is 14.7. The summed E-state index contributed by atoms with van der Waals surface area (Å²) in [4.78, 5) is 0.412. The molecule has 1 heterocycles. The fourth-order valence-corrected chi connectivity index (χ4v) is 4.88. The van der Waals surface area contributed by atoms with E-state index in [9.17, 15) is 8.42 Å². The topological polar surface area (TPSA) is 46.6 Å². The lowest BCUT2D eigenvalue weighted by Crippen LogP contribution is -2.41. The highest BCUT2D eigenvalue weighted by Gasteiger charge is 2.31. The molecule has 1 saturated heterocycles. The Morgan fingerprint density at radius 3 is 2.54 bits per heavy atom. The lowest BCUT2D eigenvalue weighted by atomic mass is 10.0. The molecule has 0 amide bonds. The maximum Gasteiger partial charge on any atom is 0.243 e. The lowest BCUT2D eigenvalue weighted by molar-refractivity contribution is 0.180. The van der Waals surface area contributed by atoms with Gasteiger partial charge in [0.25, 0.3) is 0 Å². The summed E-state index contributed by atoms with van der Waals surface area (Å²) in [5, 5.41) is 0. The Hall–Kier alpha value is -1.85. The van der Waals surface area contributed by atoms with Crippen molar-refractivity contribution in [1.82, 2.24) is 4.31 Å². The van der Waals surface area contributed by atoms with Crippen LogP contribution in [0.1, 0.15) is 18.4 Å². The van der Waals surface area contributed by atoms with Gasteiger partial charge in [-0.3, -0.25) is 0 Å². The van der Waals surface area contributed by atoms with Crippen LogP contribution in [-0.4, -0.2) is 32.4 Å². The van der Waals surface area contributed by atoms with Gasteiger partial charge < -0.3 is 4.74 Å². The largest absolute Gasteiger partial charge is 0.493 e. The predicted octanol–water partition coefficient (Wildman–Crippen LogP) is 3.47. The summed E-state index contributed by atoms with van der Waals surface area (Å²) >= 11 is 0. The van der Waals surface area contributed by atoms with Gasteiger partial charge in [-0.1, -0.05) is 36.4 Å². The zero-order valence-electron chi connectivity index (χ0n) is 13.9. The third-order valence-corrected chi connectivity index (χ3v) is 6.45. The second kappa shape index (κ2) is 7.36. The third kappa shape index (κ3) is 3.79. The molecular formula is C19H23NO3S. The van der Waals surface area contributed by atoms with Crippen LogP contribution in [0, 0.1) is 12.8 Å². The van der Waals surface area contributed by atoms with Crippen LogP contribution in [0.15, 0.2) is 59.5 Å². The molecule has 128 valence electrons. The Morgan fingerprint density at radius 2 is 1.79 bits per heavy atom. The number of sulfonamides is 1. The first kappa shape index (κ1) is 17.0. The summed E-state index contributed by atoms with van der Waals surface area (Å²) in [5.41, 5.74) is 0.792. The number of para-hydroxylation sites is 1. The molecular weight excluding hydrogens is 322 g/mol.